The first-order valence-electron chi connectivity index (χ1n) is 9.88. The van der Waals surface area contributed by atoms with Gasteiger partial charge in [-0.2, -0.15) is 5.10 Å². The third-order valence-corrected chi connectivity index (χ3v) is 5.33. The van der Waals surface area contributed by atoms with Gasteiger partial charge in [-0.1, -0.05) is 0 Å². The van der Waals surface area contributed by atoms with Crippen LogP contribution in [0, 0.1) is 20.8 Å². The molecule has 1 fully saturated rings. The van der Waals surface area contributed by atoms with Gasteiger partial charge in [-0.05, 0) is 52.0 Å². The van der Waals surface area contributed by atoms with Crippen LogP contribution in [-0.2, 0) is 6.54 Å². The first-order chi connectivity index (χ1) is 13.5. The number of carbonyl (C=O) groups is 2. The van der Waals surface area contributed by atoms with Crippen LogP contribution in [0.5, 0.6) is 0 Å². The molecule has 1 aliphatic rings. The van der Waals surface area contributed by atoms with Crippen LogP contribution in [-0.4, -0.2) is 56.1 Å². The summed E-state index contributed by atoms with van der Waals surface area (Å²) in [5, 5.41) is 7.36. The summed E-state index contributed by atoms with van der Waals surface area (Å²) in [7, 11) is 0. The van der Waals surface area contributed by atoms with Crippen molar-refractivity contribution in [1.29, 1.82) is 0 Å². The van der Waals surface area contributed by atoms with Crippen molar-refractivity contribution in [3.63, 3.8) is 0 Å². The maximum absolute atomic E-state index is 12.7. The predicted molar refractivity (Wildman–Crippen MR) is 105 cm³/mol. The monoisotopic (exact) mass is 384 g/mol. The number of carbonyl (C=O) groups excluding carboxylic acids is 2. The molecule has 0 radical (unpaired) electrons. The lowest BCUT2D eigenvalue weighted by atomic mass is 10.1. The Hall–Kier alpha value is -2.77. The van der Waals surface area contributed by atoms with Gasteiger partial charge in [0.25, 0.3) is 11.8 Å². The van der Waals surface area contributed by atoms with Crippen LogP contribution < -0.4 is 5.32 Å². The lowest BCUT2D eigenvalue weighted by molar-refractivity contribution is 0.0711. The number of nitrogens with one attached hydrogen (secondary N) is 1. The van der Waals surface area contributed by atoms with E-state index in [1.165, 1.54) is 18.0 Å². The molecule has 8 nitrogen and oxygen atoms in total. The molecule has 0 unspecified atom stereocenters. The summed E-state index contributed by atoms with van der Waals surface area (Å²) in [4.78, 5) is 35.4. The Morgan fingerprint density at radius 1 is 1.04 bits per heavy atom. The first kappa shape index (κ1) is 20.0. The molecule has 0 aromatic carbocycles. The van der Waals surface area contributed by atoms with Crippen molar-refractivity contribution in [2.45, 2.75) is 53.0 Å². The van der Waals surface area contributed by atoms with Gasteiger partial charge in [-0.15, -0.1) is 0 Å². The van der Waals surface area contributed by atoms with Crippen molar-refractivity contribution in [2.75, 3.05) is 19.6 Å². The van der Waals surface area contributed by atoms with Crippen LogP contribution in [0.25, 0.3) is 0 Å². The number of aryl methyl sites for hydroxylation is 2. The summed E-state index contributed by atoms with van der Waals surface area (Å²) in [6, 6.07) is 0. The number of nitrogens with zero attached hydrogens (tertiary/aromatic N) is 5. The molecular formula is C20H28N6O2. The average molecular weight is 384 g/mol. The quantitative estimate of drug-likeness (QED) is 0.770. The van der Waals surface area contributed by atoms with Gasteiger partial charge in [-0.3, -0.25) is 14.3 Å². The summed E-state index contributed by atoms with van der Waals surface area (Å²) in [6.07, 6.45) is 6.74. The second-order valence-corrected chi connectivity index (χ2v) is 7.23. The van der Waals surface area contributed by atoms with E-state index in [0.29, 0.717) is 19.6 Å². The second-order valence-electron chi connectivity index (χ2n) is 7.23. The summed E-state index contributed by atoms with van der Waals surface area (Å²) in [6.45, 7) is 8.72. The molecule has 2 aromatic heterocycles. The Morgan fingerprint density at radius 3 is 2.36 bits per heavy atom. The average Bonchev–Trinajstić information content (AvgIpc) is 2.97. The highest BCUT2D eigenvalue weighted by Crippen LogP contribution is 2.14. The van der Waals surface area contributed by atoms with Crippen molar-refractivity contribution in [3.8, 4) is 0 Å². The maximum atomic E-state index is 12.7. The lowest BCUT2D eigenvalue weighted by Crippen LogP contribution is -2.38. The number of rotatable bonds is 6. The molecule has 0 spiro atoms. The van der Waals surface area contributed by atoms with Crippen molar-refractivity contribution in [1.82, 2.24) is 30.0 Å². The first-order valence-corrected chi connectivity index (χ1v) is 9.88. The zero-order valence-electron chi connectivity index (χ0n) is 16.9. The molecule has 1 saturated heterocycles. The van der Waals surface area contributed by atoms with Crippen molar-refractivity contribution < 1.29 is 9.59 Å². The largest absolute Gasteiger partial charge is 0.351 e. The van der Waals surface area contributed by atoms with Crippen molar-refractivity contribution in [2.24, 2.45) is 0 Å². The number of hydrogen-bond acceptors (Lipinski definition) is 5. The minimum absolute atomic E-state index is 0.0973. The molecule has 0 saturated carbocycles. The zero-order chi connectivity index (χ0) is 20.1. The van der Waals surface area contributed by atoms with Gasteiger partial charge >= 0.3 is 0 Å². The lowest BCUT2D eigenvalue weighted by Gasteiger charge is -2.26. The standard InChI is InChI=1S/C20H28N6O2/c1-14-15(2)24-26(16(14)3)13-7-8-23-19(27)17-18(22-10-9-21-17)20(28)25-11-5-4-6-12-25/h9-10H,4-8,11-13H2,1-3H3,(H,23,27). The molecule has 1 aliphatic heterocycles. The fourth-order valence-corrected chi connectivity index (χ4v) is 3.43. The van der Waals surface area contributed by atoms with E-state index in [1.54, 1.807) is 4.90 Å². The smallest absolute Gasteiger partial charge is 0.274 e. The molecule has 3 rings (SSSR count). The number of aromatic nitrogens is 4. The molecular weight excluding hydrogens is 356 g/mol. The van der Waals surface area contributed by atoms with Gasteiger partial charge in [0.2, 0.25) is 0 Å². The van der Waals surface area contributed by atoms with Gasteiger partial charge in [0, 0.05) is 44.3 Å². The fraction of sp³-hybridized carbons (Fsp3) is 0.550. The van der Waals surface area contributed by atoms with Gasteiger partial charge in [-0.25, -0.2) is 9.97 Å². The third-order valence-electron chi connectivity index (χ3n) is 5.33. The van der Waals surface area contributed by atoms with Gasteiger partial charge in [0.05, 0.1) is 5.69 Å². The molecule has 3 heterocycles. The van der Waals surface area contributed by atoms with E-state index < -0.39 is 0 Å². The van der Waals surface area contributed by atoms with Crippen molar-refractivity contribution >= 4 is 11.8 Å². The Balaban J connectivity index is 1.58. The summed E-state index contributed by atoms with van der Waals surface area (Å²) < 4.78 is 1.96. The maximum Gasteiger partial charge on any atom is 0.274 e. The van der Waals surface area contributed by atoms with Crippen LogP contribution in [0.1, 0.15) is 63.6 Å². The number of likely N-dealkylation sites (tertiary alicyclic amines) is 1. The fourth-order valence-electron chi connectivity index (χ4n) is 3.43. The van der Waals surface area contributed by atoms with E-state index in [9.17, 15) is 9.59 Å². The number of hydrogen-bond donors (Lipinski definition) is 1. The highest BCUT2D eigenvalue weighted by Gasteiger charge is 2.25. The topological polar surface area (TPSA) is 93.0 Å². The summed E-state index contributed by atoms with van der Waals surface area (Å²) in [5.74, 6) is -0.575. The molecule has 0 aliphatic carbocycles. The molecule has 150 valence electrons. The van der Waals surface area contributed by atoms with E-state index in [0.717, 1.165) is 43.6 Å². The summed E-state index contributed by atoms with van der Waals surface area (Å²) >= 11 is 0. The Morgan fingerprint density at radius 2 is 1.71 bits per heavy atom. The highest BCUT2D eigenvalue weighted by molar-refractivity contribution is 6.04. The number of amides is 2. The van der Waals surface area contributed by atoms with Gasteiger partial charge in [0.15, 0.2) is 11.4 Å². The van der Waals surface area contributed by atoms with Crippen LogP contribution in [0.4, 0.5) is 0 Å². The molecule has 0 bridgehead atoms. The second kappa shape index (κ2) is 8.95. The molecule has 0 atom stereocenters. The van der Waals surface area contributed by atoms with Gasteiger partial charge < -0.3 is 10.2 Å². The van der Waals surface area contributed by atoms with E-state index in [4.69, 9.17) is 0 Å². The normalized spacial score (nSPS) is 14.2. The van der Waals surface area contributed by atoms with Crippen LogP contribution in [0.3, 0.4) is 0 Å². The van der Waals surface area contributed by atoms with Crippen molar-refractivity contribution in [3.05, 3.63) is 40.7 Å². The molecule has 1 N–H and O–H groups in total. The Kier molecular flexibility index (Phi) is 6.38. The zero-order valence-corrected chi connectivity index (χ0v) is 16.9. The molecule has 2 amide bonds. The van der Waals surface area contributed by atoms with E-state index in [1.807, 2.05) is 18.5 Å². The van der Waals surface area contributed by atoms with Crippen LogP contribution in [0.15, 0.2) is 12.4 Å². The minimum atomic E-state index is -0.363. The third kappa shape index (κ3) is 4.37. The van der Waals surface area contributed by atoms with Crippen LogP contribution >= 0.6 is 0 Å². The predicted octanol–water partition coefficient (Wildman–Crippen LogP) is 2.04. The Bertz CT molecular complexity index is 854. The highest BCUT2D eigenvalue weighted by atomic mass is 16.2. The van der Waals surface area contributed by atoms with Crippen LogP contribution in [0.2, 0.25) is 0 Å². The van der Waals surface area contributed by atoms with Gasteiger partial charge in [0.1, 0.15) is 0 Å². The van der Waals surface area contributed by atoms with E-state index in [2.05, 4.69) is 27.3 Å². The molecule has 28 heavy (non-hydrogen) atoms. The Labute approximate surface area is 165 Å². The molecule has 8 heteroatoms. The minimum Gasteiger partial charge on any atom is -0.351 e. The summed E-state index contributed by atoms with van der Waals surface area (Å²) in [5.41, 5.74) is 3.61. The molecule has 2 aromatic rings. The van der Waals surface area contributed by atoms with E-state index >= 15 is 0 Å². The number of piperidine rings is 1. The van der Waals surface area contributed by atoms with E-state index in [-0.39, 0.29) is 23.2 Å². The SMILES string of the molecule is Cc1nn(CCCNC(=O)c2nccnc2C(=O)N2CCCCC2)c(C)c1C.